The summed E-state index contributed by atoms with van der Waals surface area (Å²) in [6.45, 7) is 3.20. The maximum atomic E-state index is 11.8. The van der Waals surface area contributed by atoms with Crippen LogP contribution in [0.25, 0.3) is 0 Å². The molecule has 1 unspecified atom stereocenters. The molecule has 1 aliphatic rings. The van der Waals surface area contributed by atoms with Crippen molar-refractivity contribution >= 4 is 22.0 Å². The van der Waals surface area contributed by atoms with Crippen molar-refractivity contribution in [3.63, 3.8) is 0 Å². The summed E-state index contributed by atoms with van der Waals surface area (Å²) in [7, 11) is 0. The van der Waals surface area contributed by atoms with E-state index < -0.39 is 6.10 Å². The molecule has 0 bridgehead atoms. The molecular weight excluding hydrogens is 360 g/mol. The van der Waals surface area contributed by atoms with Crippen molar-refractivity contribution in [3.05, 3.63) is 63.4 Å². The third kappa shape index (κ3) is 3.38. The quantitative estimate of drug-likeness (QED) is 0.833. The number of aliphatic hydroxyl groups is 1. The molecule has 0 saturated carbocycles. The number of pyridine rings is 1. The molecule has 23 heavy (non-hydrogen) atoms. The molecule has 3 rings (SSSR count). The average molecular weight is 377 g/mol. The first-order valence-corrected chi connectivity index (χ1v) is 8.21. The minimum Gasteiger partial charge on any atom is -0.450 e. The van der Waals surface area contributed by atoms with Gasteiger partial charge in [0.15, 0.2) is 0 Å². The molecule has 1 aromatic heterocycles. The average Bonchev–Trinajstić information content (AvgIpc) is 2.97. The Morgan fingerprint density at radius 2 is 2.13 bits per heavy atom. The van der Waals surface area contributed by atoms with Gasteiger partial charge in [0, 0.05) is 13.1 Å². The number of aromatic nitrogens is 1. The largest absolute Gasteiger partial charge is 0.450 e. The molecule has 1 aliphatic heterocycles. The summed E-state index contributed by atoms with van der Waals surface area (Å²) in [6.07, 6.45) is -1.10. The second kappa shape index (κ2) is 6.68. The number of aliphatic hydroxyl groups excluding tert-OH is 1. The number of nitrogens with zero attached hydrogens (tertiary/aromatic N) is 2. The van der Waals surface area contributed by atoms with Crippen molar-refractivity contribution in [1.29, 1.82) is 0 Å². The van der Waals surface area contributed by atoms with Gasteiger partial charge < -0.3 is 9.84 Å². The Labute approximate surface area is 143 Å². The molecule has 1 aromatic carbocycles. The van der Waals surface area contributed by atoms with Crippen LogP contribution in [0.4, 0.5) is 4.79 Å². The Kier molecular flexibility index (Phi) is 4.63. The van der Waals surface area contributed by atoms with Crippen molar-refractivity contribution in [2.24, 2.45) is 0 Å². The van der Waals surface area contributed by atoms with Crippen LogP contribution in [0.2, 0.25) is 0 Å². The highest BCUT2D eigenvalue weighted by Gasteiger charge is 2.25. The third-order valence-electron chi connectivity index (χ3n) is 3.81. The van der Waals surface area contributed by atoms with Gasteiger partial charge in [-0.15, -0.1) is 0 Å². The topological polar surface area (TPSA) is 62.7 Å². The van der Waals surface area contributed by atoms with Crippen LogP contribution >= 0.6 is 15.9 Å². The summed E-state index contributed by atoms with van der Waals surface area (Å²) < 4.78 is 5.72. The number of carbonyl (C=O) groups excluding carboxylic acids is 1. The molecule has 1 N–H and O–H groups in total. The molecule has 120 valence electrons. The van der Waals surface area contributed by atoms with E-state index in [-0.39, 0.29) is 6.09 Å². The Balaban J connectivity index is 1.81. The Morgan fingerprint density at radius 1 is 1.35 bits per heavy atom. The summed E-state index contributed by atoms with van der Waals surface area (Å²) in [4.78, 5) is 17.8. The van der Waals surface area contributed by atoms with Crippen LogP contribution < -0.4 is 0 Å². The summed E-state index contributed by atoms with van der Waals surface area (Å²) in [5.41, 5.74) is 3.46. The first-order valence-electron chi connectivity index (χ1n) is 7.42. The molecule has 0 aliphatic carbocycles. The van der Waals surface area contributed by atoms with Crippen molar-refractivity contribution < 1.29 is 14.6 Å². The highest BCUT2D eigenvalue weighted by atomic mass is 79.9. The van der Waals surface area contributed by atoms with E-state index in [2.05, 4.69) is 20.9 Å². The van der Waals surface area contributed by atoms with E-state index in [4.69, 9.17) is 4.74 Å². The number of rotatable bonds is 3. The lowest BCUT2D eigenvalue weighted by atomic mass is 10.0. The SMILES string of the molecule is CCOC(=O)N1Cc2ccc(C(O)c3cccc(Br)n3)cc2C1. The Hall–Kier alpha value is -1.92. The lowest BCUT2D eigenvalue weighted by Crippen LogP contribution is -2.25. The van der Waals surface area contributed by atoms with Crippen molar-refractivity contribution in [2.75, 3.05) is 6.61 Å². The molecule has 0 saturated heterocycles. The third-order valence-corrected chi connectivity index (χ3v) is 4.25. The van der Waals surface area contributed by atoms with Crippen molar-refractivity contribution in [3.8, 4) is 0 Å². The number of benzene rings is 1. The van der Waals surface area contributed by atoms with E-state index in [1.54, 1.807) is 17.9 Å². The Bertz CT molecular complexity index is 736. The lowest BCUT2D eigenvalue weighted by molar-refractivity contribution is 0.106. The first-order chi connectivity index (χ1) is 11.1. The minimum absolute atomic E-state index is 0.306. The van der Waals surface area contributed by atoms with E-state index in [9.17, 15) is 9.90 Å². The summed E-state index contributed by atoms with van der Waals surface area (Å²) in [6, 6.07) is 11.2. The number of fused-ring (bicyclic) bond motifs is 1. The lowest BCUT2D eigenvalue weighted by Gasteiger charge is -2.14. The van der Waals surface area contributed by atoms with E-state index in [1.807, 2.05) is 30.3 Å². The number of hydrogen-bond donors (Lipinski definition) is 1. The number of ether oxygens (including phenoxy) is 1. The minimum atomic E-state index is -0.797. The van der Waals surface area contributed by atoms with Gasteiger partial charge in [0.1, 0.15) is 10.7 Å². The molecule has 2 aromatic rings. The van der Waals surface area contributed by atoms with Gasteiger partial charge in [0.25, 0.3) is 0 Å². The zero-order chi connectivity index (χ0) is 16.4. The van der Waals surface area contributed by atoms with Crippen LogP contribution in [-0.2, 0) is 17.8 Å². The van der Waals surface area contributed by atoms with Gasteiger partial charge in [-0.05, 0) is 51.7 Å². The number of hydrogen-bond acceptors (Lipinski definition) is 4. The van der Waals surface area contributed by atoms with Crippen LogP contribution in [0, 0.1) is 0 Å². The van der Waals surface area contributed by atoms with Gasteiger partial charge in [-0.3, -0.25) is 4.90 Å². The predicted octanol–water partition coefficient (Wildman–Crippen LogP) is 3.40. The molecule has 1 amide bonds. The normalized spacial score (nSPS) is 14.5. The molecule has 2 heterocycles. The van der Waals surface area contributed by atoms with E-state index >= 15 is 0 Å². The van der Waals surface area contributed by atoms with Crippen molar-refractivity contribution in [1.82, 2.24) is 9.88 Å². The number of halogens is 1. The summed E-state index contributed by atoms with van der Waals surface area (Å²) in [5.74, 6) is 0. The molecule has 0 spiro atoms. The van der Waals surface area contributed by atoms with E-state index in [0.717, 1.165) is 16.7 Å². The first kappa shape index (κ1) is 16.0. The van der Waals surface area contributed by atoms with E-state index in [1.165, 1.54) is 0 Å². The molecule has 1 atom stereocenters. The second-order valence-electron chi connectivity index (χ2n) is 5.37. The molecule has 0 fully saturated rings. The standard InChI is InChI=1S/C17H17BrN2O3/c1-2-23-17(22)20-9-12-7-6-11(8-13(12)10-20)16(21)14-4-3-5-15(18)19-14/h3-8,16,21H,2,9-10H2,1H3. The van der Waals surface area contributed by atoms with Gasteiger partial charge >= 0.3 is 6.09 Å². The fraction of sp³-hybridized carbons (Fsp3) is 0.294. The van der Waals surface area contributed by atoms with Gasteiger partial charge in [-0.2, -0.15) is 0 Å². The van der Waals surface area contributed by atoms with Crippen molar-refractivity contribution in [2.45, 2.75) is 26.1 Å². The highest BCUT2D eigenvalue weighted by Crippen LogP contribution is 2.29. The van der Waals surface area contributed by atoms with Crippen LogP contribution in [0.15, 0.2) is 41.0 Å². The Morgan fingerprint density at radius 3 is 2.87 bits per heavy atom. The zero-order valence-corrected chi connectivity index (χ0v) is 14.3. The monoisotopic (exact) mass is 376 g/mol. The highest BCUT2D eigenvalue weighted by molar-refractivity contribution is 9.10. The molecule has 6 heteroatoms. The maximum absolute atomic E-state index is 11.8. The zero-order valence-electron chi connectivity index (χ0n) is 12.7. The van der Waals surface area contributed by atoms with Crippen LogP contribution in [0.3, 0.4) is 0 Å². The van der Waals surface area contributed by atoms with Crippen LogP contribution in [0.5, 0.6) is 0 Å². The second-order valence-corrected chi connectivity index (χ2v) is 6.18. The van der Waals surface area contributed by atoms with Gasteiger partial charge in [0.2, 0.25) is 0 Å². The van der Waals surface area contributed by atoms with Crippen LogP contribution in [-0.4, -0.2) is 27.7 Å². The number of carbonyl (C=O) groups is 1. The molecule has 0 radical (unpaired) electrons. The fourth-order valence-electron chi connectivity index (χ4n) is 2.68. The van der Waals surface area contributed by atoms with Gasteiger partial charge in [-0.1, -0.05) is 24.3 Å². The fourth-order valence-corrected chi connectivity index (χ4v) is 3.03. The van der Waals surface area contributed by atoms with Gasteiger partial charge in [-0.25, -0.2) is 9.78 Å². The summed E-state index contributed by atoms with van der Waals surface area (Å²) >= 11 is 3.31. The summed E-state index contributed by atoms with van der Waals surface area (Å²) in [5, 5.41) is 10.5. The van der Waals surface area contributed by atoms with Crippen LogP contribution in [0.1, 0.15) is 35.4 Å². The molecular formula is C17H17BrN2O3. The van der Waals surface area contributed by atoms with E-state index in [0.29, 0.717) is 30.0 Å². The number of amides is 1. The molecule has 5 nitrogen and oxygen atoms in total. The smallest absolute Gasteiger partial charge is 0.410 e. The predicted molar refractivity (Wildman–Crippen MR) is 88.7 cm³/mol. The van der Waals surface area contributed by atoms with Gasteiger partial charge in [0.05, 0.1) is 12.3 Å². The maximum Gasteiger partial charge on any atom is 0.410 e.